The number of esters is 1. The van der Waals surface area contributed by atoms with Crippen LogP contribution < -0.4 is 5.32 Å². The van der Waals surface area contributed by atoms with Gasteiger partial charge >= 0.3 is 11.9 Å². The smallest absolute Gasteiger partial charge is 0.305 e. The molecule has 0 spiro atoms. The van der Waals surface area contributed by atoms with Gasteiger partial charge in [0.2, 0.25) is 5.91 Å². The largest absolute Gasteiger partial charge is 0.481 e. The van der Waals surface area contributed by atoms with E-state index in [1.165, 1.54) is 83.5 Å². The number of ether oxygens (including phenoxy) is 7. The number of rotatable bonds is 41. The van der Waals surface area contributed by atoms with Gasteiger partial charge in [0.05, 0.1) is 79.1 Å². The number of hydrogen-bond donors (Lipinski definition) is 2. The zero-order valence-corrected chi connectivity index (χ0v) is 30.9. The Morgan fingerprint density at radius 2 is 0.796 bits per heavy atom. The predicted molar refractivity (Wildman–Crippen MR) is 190 cm³/mol. The van der Waals surface area contributed by atoms with Crippen LogP contribution in [0, 0.1) is 0 Å². The first-order chi connectivity index (χ1) is 24.1. The summed E-state index contributed by atoms with van der Waals surface area (Å²) in [4.78, 5) is 33.6. The maximum absolute atomic E-state index is 11.9. The topological polar surface area (TPSA) is 148 Å². The third kappa shape index (κ3) is 42.3. The number of unbranched alkanes of at least 4 members (excludes halogenated alkanes) is 14. The lowest BCUT2D eigenvalue weighted by Gasteiger charge is -2.09. The Balaban J connectivity index is 3.17. The fourth-order valence-corrected chi connectivity index (χ4v) is 4.84. The Morgan fingerprint density at radius 3 is 1.20 bits per heavy atom. The van der Waals surface area contributed by atoms with Crippen LogP contribution in [0.4, 0.5) is 0 Å². The molecule has 0 aromatic rings. The van der Waals surface area contributed by atoms with E-state index in [1.807, 2.05) is 0 Å². The van der Waals surface area contributed by atoms with Crippen LogP contribution in [0.2, 0.25) is 0 Å². The first-order valence-corrected chi connectivity index (χ1v) is 19.2. The molecule has 0 bridgehead atoms. The summed E-state index contributed by atoms with van der Waals surface area (Å²) in [6.45, 7) is 8.49. The number of aliphatic carboxylic acids is 1. The lowest BCUT2D eigenvalue weighted by atomic mass is 10.0. The lowest BCUT2D eigenvalue weighted by Crippen LogP contribution is -2.25. The summed E-state index contributed by atoms with van der Waals surface area (Å²) in [5.41, 5.74) is 0. The molecule has 0 aromatic carbocycles. The minimum absolute atomic E-state index is 0.00880. The summed E-state index contributed by atoms with van der Waals surface area (Å²) in [6.07, 6.45) is 20.6. The van der Waals surface area contributed by atoms with Gasteiger partial charge in [-0.2, -0.15) is 0 Å². The highest BCUT2D eigenvalue weighted by Crippen LogP contribution is 2.13. The first kappa shape index (κ1) is 47.2. The maximum Gasteiger partial charge on any atom is 0.305 e. The molecule has 0 aromatic heterocycles. The van der Waals surface area contributed by atoms with E-state index in [9.17, 15) is 14.4 Å². The van der Waals surface area contributed by atoms with Gasteiger partial charge < -0.3 is 43.6 Å². The van der Waals surface area contributed by atoms with Crippen LogP contribution in [0.1, 0.15) is 129 Å². The van der Waals surface area contributed by atoms with E-state index in [2.05, 4.69) is 12.2 Å². The molecule has 49 heavy (non-hydrogen) atoms. The van der Waals surface area contributed by atoms with Crippen LogP contribution in [0.3, 0.4) is 0 Å². The third-order valence-corrected chi connectivity index (χ3v) is 7.69. The summed E-state index contributed by atoms with van der Waals surface area (Å²) < 4.78 is 37.9. The lowest BCUT2D eigenvalue weighted by molar-refractivity contribution is -0.145. The second-order valence-electron chi connectivity index (χ2n) is 12.2. The molecule has 0 atom stereocenters. The van der Waals surface area contributed by atoms with Crippen LogP contribution in [0.5, 0.6) is 0 Å². The molecular weight excluding hydrogens is 634 g/mol. The molecule has 1 amide bonds. The van der Waals surface area contributed by atoms with E-state index in [-0.39, 0.29) is 31.3 Å². The molecule has 0 unspecified atom stereocenters. The van der Waals surface area contributed by atoms with Gasteiger partial charge in [-0.25, -0.2) is 0 Å². The van der Waals surface area contributed by atoms with Gasteiger partial charge in [0.15, 0.2) is 0 Å². The van der Waals surface area contributed by atoms with Crippen LogP contribution in [0.25, 0.3) is 0 Å². The van der Waals surface area contributed by atoms with Crippen LogP contribution in [-0.4, -0.2) is 115 Å². The molecule has 12 nitrogen and oxygen atoms in total. The van der Waals surface area contributed by atoms with E-state index in [0.717, 1.165) is 12.8 Å². The van der Waals surface area contributed by atoms with E-state index in [0.29, 0.717) is 98.7 Å². The molecule has 290 valence electrons. The summed E-state index contributed by atoms with van der Waals surface area (Å²) in [7, 11) is 0. The zero-order chi connectivity index (χ0) is 35.7. The number of carboxylic acid groups (broad SMARTS) is 1. The molecule has 0 aliphatic carbocycles. The molecule has 0 rings (SSSR count). The number of carbonyl (C=O) groups is 3. The van der Waals surface area contributed by atoms with Crippen molar-refractivity contribution in [2.45, 2.75) is 129 Å². The molecule has 0 saturated heterocycles. The highest BCUT2D eigenvalue weighted by Gasteiger charge is 2.05. The Kier molecular flexibility index (Phi) is 39.1. The van der Waals surface area contributed by atoms with Gasteiger partial charge in [-0.1, -0.05) is 96.8 Å². The summed E-state index contributed by atoms with van der Waals surface area (Å²) in [6, 6.07) is 0. The fourth-order valence-electron chi connectivity index (χ4n) is 4.84. The third-order valence-electron chi connectivity index (χ3n) is 7.69. The quantitative estimate of drug-likeness (QED) is 0.0549. The summed E-state index contributed by atoms with van der Waals surface area (Å²) >= 11 is 0. The second kappa shape index (κ2) is 40.6. The Hall–Kier alpha value is -1.83. The molecule has 0 fully saturated rings. The van der Waals surface area contributed by atoms with Crippen molar-refractivity contribution in [2.24, 2.45) is 0 Å². The van der Waals surface area contributed by atoms with Crippen LogP contribution in [-0.2, 0) is 47.5 Å². The number of carboxylic acids is 1. The fraction of sp³-hybridized carbons (Fsp3) is 0.919. The maximum atomic E-state index is 11.9. The van der Waals surface area contributed by atoms with Gasteiger partial charge in [-0.05, 0) is 12.8 Å². The van der Waals surface area contributed by atoms with Crippen molar-refractivity contribution in [3.8, 4) is 0 Å². The molecule has 0 saturated carbocycles. The van der Waals surface area contributed by atoms with E-state index in [1.54, 1.807) is 0 Å². The minimum atomic E-state index is -0.981. The Labute approximate surface area is 297 Å². The standard InChI is InChI=1S/C37H71NO11/c1-2-3-4-5-6-7-8-9-10-11-12-13-14-15-16-18-37(42)49-34-33-48-32-31-47-30-29-46-28-27-45-26-25-44-24-23-43-22-17-21-38-35(39)19-20-36(40)41/h2-34H2,1H3,(H,38,39)(H,40,41). The van der Waals surface area contributed by atoms with Crippen molar-refractivity contribution in [3.05, 3.63) is 0 Å². The van der Waals surface area contributed by atoms with E-state index < -0.39 is 5.97 Å². The van der Waals surface area contributed by atoms with Gasteiger partial charge in [0, 0.05) is 26.0 Å². The average molecular weight is 706 g/mol. The van der Waals surface area contributed by atoms with Gasteiger partial charge in [-0.3, -0.25) is 14.4 Å². The molecule has 0 aliphatic rings. The normalized spacial score (nSPS) is 11.2. The Bertz CT molecular complexity index is 726. The van der Waals surface area contributed by atoms with E-state index in [4.69, 9.17) is 38.3 Å². The van der Waals surface area contributed by atoms with Crippen molar-refractivity contribution in [1.82, 2.24) is 5.32 Å². The SMILES string of the molecule is CCCCCCCCCCCCCCCCCC(=O)OCCOCCOCCOCCOCCOCCOCCCNC(=O)CCC(=O)O. The molecule has 0 heterocycles. The van der Waals surface area contributed by atoms with E-state index >= 15 is 0 Å². The van der Waals surface area contributed by atoms with Crippen molar-refractivity contribution < 1.29 is 52.6 Å². The van der Waals surface area contributed by atoms with Crippen molar-refractivity contribution in [2.75, 3.05) is 92.4 Å². The number of nitrogens with one attached hydrogen (secondary N) is 1. The minimum Gasteiger partial charge on any atom is -0.481 e. The Morgan fingerprint density at radius 1 is 0.429 bits per heavy atom. The van der Waals surface area contributed by atoms with Gasteiger partial charge in [0.1, 0.15) is 6.61 Å². The molecule has 0 aliphatic heterocycles. The first-order valence-electron chi connectivity index (χ1n) is 19.2. The second-order valence-corrected chi connectivity index (χ2v) is 12.2. The molecule has 0 radical (unpaired) electrons. The molecule has 2 N–H and O–H groups in total. The zero-order valence-electron chi connectivity index (χ0n) is 30.9. The number of amides is 1. The number of hydrogen-bond acceptors (Lipinski definition) is 10. The van der Waals surface area contributed by atoms with Crippen LogP contribution >= 0.6 is 0 Å². The summed E-state index contributed by atoms with van der Waals surface area (Å²) in [5.74, 6) is -1.39. The number of carbonyl (C=O) groups excluding carboxylic acids is 2. The monoisotopic (exact) mass is 706 g/mol. The predicted octanol–water partition coefficient (Wildman–Crippen LogP) is 6.26. The highest BCUT2D eigenvalue weighted by molar-refractivity contribution is 5.80. The molecular formula is C37H71NO11. The molecule has 12 heteroatoms. The van der Waals surface area contributed by atoms with Crippen molar-refractivity contribution in [3.63, 3.8) is 0 Å². The summed E-state index contributed by atoms with van der Waals surface area (Å²) in [5, 5.41) is 11.2. The van der Waals surface area contributed by atoms with Crippen molar-refractivity contribution in [1.29, 1.82) is 0 Å². The van der Waals surface area contributed by atoms with Gasteiger partial charge in [-0.15, -0.1) is 0 Å². The van der Waals surface area contributed by atoms with Crippen LogP contribution in [0.15, 0.2) is 0 Å². The highest BCUT2D eigenvalue weighted by atomic mass is 16.6. The average Bonchev–Trinajstić information content (AvgIpc) is 3.09. The van der Waals surface area contributed by atoms with Gasteiger partial charge in [0.25, 0.3) is 0 Å². The van der Waals surface area contributed by atoms with Crippen molar-refractivity contribution >= 4 is 17.8 Å².